The molecule has 1 N–H and O–H groups in total. The maximum Gasteiger partial charge on any atom is 0.391 e. The van der Waals surface area contributed by atoms with Crippen molar-refractivity contribution in [1.29, 1.82) is 0 Å². The van der Waals surface area contributed by atoms with Gasteiger partial charge in [0.15, 0.2) is 0 Å². The molecule has 21 heavy (non-hydrogen) atoms. The molecule has 0 aromatic rings. The van der Waals surface area contributed by atoms with Crippen LogP contribution in [0.4, 0.5) is 13.2 Å². The lowest BCUT2D eigenvalue weighted by molar-refractivity contribution is -0.185. The van der Waals surface area contributed by atoms with Crippen LogP contribution in [0, 0.1) is 11.8 Å². The summed E-state index contributed by atoms with van der Waals surface area (Å²) in [7, 11) is 0. The molecule has 2 rings (SSSR count). The monoisotopic (exact) mass is 307 g/mol. The van der Waals surface area contributed by atoms with Crippen molar-refractivity contribution in [2.24, 2.45) is 11.8 Å². The molecule has 0 unspecified atom stereocenters. The van der Waals surface area contributed by atoms with Gasteiger partial charge in [0.05, 0.1) is 12.3 Å². The first-order valence-electron chi connectivity index (χ1n) is 7.38. The fourth-order valence-electron chi connectivity index (χ4n) is 2.98. The van der Waals surface area contributed by atoms with Crippen LogP contribution in [0.5, 0.6) is 0 Å². The SMILES string of the molecule is O=C(O)CCN(C(=O)C1CCC(C(F)(F)F)CC1)C1CC1. The van der Waals surface area contributed by atoms with Crippen molar-refractivity contribution >= 4 is 11.9 Å². The van der Waals surface area contributed by atoms with Crippen LogP contribution in [0.25, 0.3) is 0 Å². The predicted molar refractivity (Wildman–Crippen MR) is 68.5 cm³/mol. The van der Waals surface area contributed by atoms with Crippen molar-refractivity contribution in [3.63, 3.8) is 0 Å². The first-order chi connectivity index (χ1) is 9.79. The van der Waals surface area contributed by atoms with Crippen LogP contribution in [0.3, 0.4) is 0 Å². The van der Waals surface area contributed by atoms with Gasteiger partial charge < -0.3 is 10.0 Å². The van der Waals surface area contributed by atoms with Crippen molar-refractivity contribution < 1.29 is 27.9 Å². The van der Waals surface area contributed by atoms with Crippen LogP contribution in [0.2, 0.25) is 0 Å². The number of halogens is 3. The summed E-state index contributed by atoms with van der Waals surface area (Å²) in [6, 6.07) is 0.0946. The first kappa shape index (κ1) is 16.1. The minimum absolute atomic E-state index is 0.00264. The van der Waals surface area contributed by atoms with Gasteiger partial charge in [0.1, 0.15) is 0 Å². The molecule has 120 valence electrons. The van der Waals surface area contributed by atoms with Crippen LogP contribution >= 0.6 is 0 Å². The van der Waals surface area contributed by atoms with Gasteiger partial charge in [0.25, 0.3) is 0 Å². The van der Waals surface area contributed by atoms with Gasteiger partial charge in [0, 0.05) is 18.5 Å². The van der Waals surface area contributed by atoms with Gasteiger partial charge in [-0.1, -0.05) is 0 Å². The Morgan fingerprint density at radius 1 is 1.05 bits per heavy atom. The average Bonchev–Trinajstić information content (AvgIpc) is 3.22. The standard InChI is InChI=1S/C14H20F3NO3/c15-14(16,17)10-3-1-9(2-4-10)13(21)18(11-5-6-11)8-7-12(19)20/h9-11H,1-8H2,(H,19,20). The second-order valence-corrected chi connectivity index (χ2v) is 6.00. The molecule has 0 radical (unpaired) electrons. The second-order valence-electron chi connectivity index (χ2n) is 6.00. The predicted octanol–water partition coefficient (Wildman–Crippen LogP) is 2.82. The van der Waals surface area contributed by atoms with Gasteiger partial charge in [-0.15, -0.1) is 0 Å². The number of carbonyl (C=O) groups excluding carboxylic acids is 1. The van der Waals surface area contributed by atoms with Crippen LogP contribution in [0.1, 0.15) is 44.9 Å². The van der Waals surface area contributed by atoms with E-state index in [0.29, 0.717) is 0 Å². The third-order valence-electron chi connectivity index (χ3n) is 4.38. The number of carboxylic acid groups (broad SMARTS) is 1. The van der Waals surface area contributed by atoms with Gasteiger partial charge in [-0.2, -0.15) is 13.2 Å². The Labute approximate surface area is 121 Å². The van der Waals surface area contributed by atoms with Gasteiger partial charge in [-0.25, -0.2) is 0 Å². The third kappa shape index (κ3) is 4.35. The molecule has 2 aliphatic rings. The van der Waals surface area contributed by atoms with Crippen LogP contribution in [0.15, 0.2) is 0 Å². The van der Waals surface area contributed by atoms with Gasteiger partial charge in [-0.05, 0) is 38.5 Å². The quantitative estimate of drug-likeness (QED) is 0.849. The molecule has 0 atom stereocenters. The smallest absolute Gasteiger partial charge is 0.391 e. The molecule has 1 amide bonds. The molecule has 2 fully saturated rings. The molecule has 2 aliphatic carbocycles. The number of nitrogens with zero attached hydrogens (tertiary/aromatic N) is 1. The number of alkyl halides is 3. The number of hydrogen-bond acceptors (Lipinski definition) is 2. The highest BCUT2D eigenvalue weighted by Gasteiger charge is 2.44. The number of aliphatic carboxylic acids is 1. The third-order valence-corrected chi connectivity index (χ3v) is 4.38. The molecule has 0 spiro atoms. The molecule has 2 saturated carbocycles. The molecular weight excluding hydrogens is 287 g/mol. The largest absolute Gasteiger partial charge is 0.481 e. The van der Waals surface area contributed by atoms with E-state index in [0.717, 1.165) is 12.8 Å². The highest BCUT2D eigenvalue weighted by Crippen LogP contribution is 2.40. The lowest BCUT2D eigenvalue weighted by Crippen LogP contribution is -2.41. The van der Waals surface area contributed by atoms with Gasteiger partial charge in [0.2, 0.25) is 5.91 Å². The van der Waals surface area contributed by atoms with E-state index in [1.165, 1.54) is 0 Å². The first-order valence-corrected chi connectivity index (χ1v) is 7.38. The maximum atomic E-state index is 12.6. The molecule has 0 aliphatic heterocycles. The summed E-state index contributed by atoms with van der Waals surface area (Å²) >= 11 is 0. The Balaban J connectivity index is 1.88. The second kappa shape index (κ2) is 6.23. The lowest BCUT2D eigenvalue weighted by Gasteiger charge is -2.32. The summed E-state index contributed by atoms with van der Waals surface area (Å²) < 4.78 is 37.8. The van der Waals surface area contributed by atoms with E-state index in [2.05, 4.69) is 0 Å². The maximum absolute atomic E-state index is 12.6. The number of amides is 1. The zero-order chi connectivity index (χ0) is 15.6. The Morgan fingerprint density at radius 3 is 2.05 bits per heavy atom. The molecular formula is C14H20F3NO3. The minimum atomic E-state index is -4.17. The van der Waals surface area contributed by atoms with Crippen molar-refractivity contribution in [3.05, 3.63) is 0 Å². The van der Waals surface area contributed by atoms with Crippen molar-refractivity contribution in [2.75, 3.05) is 6.54 Å². The Hall–Kier alpha value is -1.27. The number of hydrogen-bond donors (Lipinski definition) is 1. The summed E-state index contributed by atoms with van der Waals surface area (Å²) in [5, 5.41) is 8.72. The summed E-state index contributed by atoms with van der Waals surface area (Å²) in [6.07, 6.45) is -2.06. The topological polar surface area (TPSA) is 57.6 Å². The van der Waals surface area contributed by atoms with E-state index in [9.17, 15) is 22.8 Å². The summed E-state index contributed by atoms with van der Waals surface area (Å²) in [6.45, 7) is 0.165. The zero-order valence-electron chi connectivity index (χ0n) is 11.7. The van der Waals surface area contributed by atoms with E-state index in [1.54, 1.807) is 4.90 Å². The zero-order valence-corrected chi connectivity index (χ0v) is 11.7. The average molecular weight is 307 g/mol. The van der Waals surface area contributed by atoms with E-state index in [-0.39, 0.29) is 56.5 Å². The molecule has 0 aromatic carbocycles. The van der Waals surface area contributed by atoms with E-state index in [4.69, 9.17) is 5.11 Å². The molecule has 0 heterocycles. The fraction of sp³-hybridized carbons (Fsp3) is 0.857. The molecule has 4 nitrogen and oxygen atoms in total. The summed E-state index contributed by atoms with van der Waals surface area (Å²) in [5.41, 5.74) is 0. The normalized spacial score (nSPS) is 26.4. The molecule has 0 bridgehead atoms. The number of carboxylic acids is 1. The summed E-state index contributed by atoms with van der Waals surface area (Å²) in [5.74, 6) is -2.79. The van der Waals surface area contributed by atoms with Crippen molar-refractivity contribution in [2.45, 2.75) is 57.2 Å². The van der Waals surface area contributed by atoms with Crippen molar-refractivity contribution in [1.82, 2.24) is 4.90 Å². The Bertz CT molecular complexity index is 399. The summed E-state index contributed by atoms with van der Waals surface area (Å²) in [4.78, 5) is 24.6. The molecule has 7 heteroatoms. The van der Waals surface area contributed by atoms with Crippen LogP contribution in [-0.2, 0) is 9.59 Å². The van der Waals surface area contributed by atoms with E-state index < -0.39 is 18.1 Å². The minimum Gasteiger partial charge on any atom is -0.481 e. The molecule has 0 saturated heterocycles. The highest BCUT2D eigenvalue weighted by atomic mass is 19.4. The number of carbonyl (C=O) groups is 2. The van der Waals surface area contributed by atoms with Crippen LogP contribution < -0.4 is 0 Å². The lowest BCUT2D eigenvalue weighted by atomic mass is 9.81. The van der Waals surface area contributed by atoms with Crippen molar-refractivity contribution in [3.8, 4) is 0 Å². The van der Waals surface area contributed by atoms with Gasteiger partial charge in [-0.3, -0.25) is 9.59 Å². The highest BCUT2D eigenvalue weighted by molar-refractivity contribution is 5.80. The van der Waals surface area contributed by atoms with Gasteiger partial charge >= 0.3 is 12.1 Å². The van der Waals surface area contributed by atoms with Crippen LogP contribution in [-0.4, -0.2) is 40.6 Å². The van der Waals surface area contributed by atoms with E-state index >= 15 is 0 Å². The Morgan fingerprint density at radius 2 is 1.62 bits per heavy atom. The number of rotatable bonds is 5. The molecule has 0 aromatic heterocycles. The fourth-order valence-corrected chi connectivity index (χ4v) is 2.98. The van der Waals surface area contributed by atoms with E-state index in [1.807, 2.05) is 0 Å². The Kier molecular flexibility index (Phi) is 4.78.